The fourth-order valence-corrected chi connectivity index (χ4v) is 4.92. The van der Waals surface area contributed by atoms with E-state index in [0.29, 0.717) is 18.2 Å². The minimum absolute atomic E-state index is 0.00327. The van der Waals surface area contributed by atoms with Crippen molar-refractivity contribution in [1.82, 2.24) is 10.3 Å². The van der Waals surface area contributed by atoms with Crippen LogP contribution >= 0.6 is 0 Å². The number of amides is 1. The lowest BCUT2D eigenvalue weighted by molar-refractivity contribution is -0.116. The molecule has 3 rings (SSSR count). The van der Waals surface area contributed by atoms with Crippen LogP contribution in [-0.2, 0) is 16.1 Å². The Labute approximate surface area is 288 Å². The number of hydrogen-bond acceptors (Lipinski definition) is 5. The number of carbonyl (C=O) groups excluding carboxylic acids is 2. The third-order valence-electron chi connectivity index (χ3n) is 8.88. The number of hydrogen-bond donors (Lipinski definition) is 2. The number of nitrogens with zero attached hydrogens (tertiary/aromatic N) is 1. The summed E-state index contributed by atoms with van der Waals surface area (Å²) in [6, 6.07) is 10.1. The van der Waals surface area contributed by atoms with E-state index in [-0.39, 0.29) is 11.7 Å². The van der Waals surface area contributed by atoms with E-state index in [1.54, 1.807) is 13.0 Å². The van der Waals surface area contributed by atoms with Crippen LogP contribution in [0.25, 0.3) is 6.08 Å². The smallest absolute Gasteiger partial charge is 0.225 e. The third kappa shape index (κ3) is 19.4. The first-order chi connectivity index (χ1) is 22.6. The van der Waals surface area contributed by atoms with Gasteiger partial charge in [-0.05, 0) is 92.5 Å². The summed E-state index contributed by atoms with van der Waals surface area (Å²) in [6.07, 6.45) is 17.1. The number of ether oxygens (including phenoxy) is 1. The largest absolute Gasteiger partial charge is 0.494 e. The summed E-state index contributed by atoms with van der Waals surface area (Å²) < 4.78 is 5.80. The lowest BCUT2D eigenvalue weighted by Crippen LogP contribution is -2.26. The predicted octanol–water partition coefficient (Wildman–Crippen LogP) is 10.7. The summed E-state index contributed by atoms with van der Waals surface area (Å²) in [5, 5.41) is 6.37. The van der Waals surface area contributed by atoms with E-state index in [4.69, 9.17) is 4.74 Å². The molecular formula is C41H67N3O3. The van der Waals surface area contributed by atoms with Crippen LogP contribution in [0.5, 0.6) is 5.75 Å². The van der Waals surface area contributed by atoms with Gasteiger partial charge in [-0.3, -0.25) is 9.59 Å². The second-order valence-corrected chi connectivity index (χ2v) is 13.2. The SMILES string of the molecule is CC(=O)/C=C\c1ccc(OCCCCCC2CC2)cc1C.CCC(=O)Nc1nc(CNCC(CC)C(C)CC)ccc1C.CCCC. The normalized spacial score (nSPS) is 13.6. The van der Waals surface area contributed by atoms with Crippen molar-refractivity contribution >= 4 is 23.6 Å². The van der Waals surface area contributed by atoms with E-state index < -0.39 is 0 Å². The molecule has 1 saturated carbocycles. The van der Waals surface area contributed by atoms with Gasteiger partial charge in [-0.1, -0.05) is 118 Å². The van der Waals surface area contributed by atoms with Gasteiger partial charge in [-0.2, -0.15) is 0 Å². The summed E-state index contributed by atoms with van der Waals surface area (Å²) >= 11 is 0. The number of nitrogens with one attached hydrogen (secondary N) is 2. The summed E-state index contributed by atoms with van der Waals surface area (Å²) in [6.45, 7) is 21.1. The molecule has 2 unspecified atom stereocenters. The molecule has 1 aromatic carbocycles. The van der Waals surface area contributed by atoms with Crippen molar-refractivity contribution in [2.24, 2.45) is 17.8 Å². The molecule has 0 aliphatic heterocycles. The van der Waals surface area contributed by atoms with Gasteiger partial charge in [-0.15, -0.1) is 0 Å². The van der Waals surface area contributed by atoms with Gasteiger partial charge in [0.15, 0.2) is 5.78 Å². The second-order valence-electron chi connectivity index (χ2n) is 13.2. The molecule has 2 atom stereocenters. The standard InChI is InChI=1S/C19H26O2.C18H31N3O.C4H10/c1-15-14-19(12-11-18(15)10-7-16(2)20)21-13-5-3-4-6-17-8-9-17;1-6-13(4)15(7-2)11-19-12-16-10-9-14(5)18(20-16)21-17(22)8-3;1-3-4-2/h7,10-12,14,17H,3-6,8-9,13H2,1-2H3;9-10,13,15,19H,6-8,11-12H2,1-5H3,(H,20,21,22);3-4H2,1-2H3/b10-7-;;. The Morgan fingerprint density at radius 2 is 1.68 bits per heavy atom. The monoisotopic (exact) mass is 650 g/mol. The Hall–Kier alpha value is -2.99. The maximum Gasteiger partial charge on any atom is 0.225 e. The molecular weight excluding hydrogens is 582 g/mol. The molecule has 6 heteroatoms. The molecule has 1 amide bonds. The van der Waals surface area contributed by atoms with Crippen LogP contribution in [0.15, 0.2) is 36.4 Å². The number of pyridine rings is 1. The number of ketones is 1. The van der Waals surface area contributed by atoms with E-state index in [1.807, 2.05) is 57.2 Å². The highest BCUT2D eigenvalue weighted by Crippen LogP contribution is 2.34. The first-order valence-corrected chi connectivity index (χ1v) is 18.5. The zero-order valence-corrected chi connectivity index (χ0v) is 31.3. The van der Waals surface area contributed by atoms with Gasteiger partial charge >= 0.3 is 0 Å². The molecule has 1 aliphatic carbocycles. The maximum absolute atomic E-state index is 11.5. The van der Waals surface area contributed by atoms with E-state index in [9.17, 15) is 9.59 Å². The number of aryl methyl sites for hydroxylation is 2. The predicted molar refractivity (Wildman–Crippen MR) is 201 cm³/mol. The molecule has 0 bridgehead atoms. The van der Waals surface area contributed by atoms with Crippen molar-refractivity contribution in [3.8, 4) is 5.75 Å². The summed E-state index contributed by atoms with van der Waals surface area (Å²) in [5.41, 5.74) is 4.17. The molecule has 1 aromatic heterocycles. The molecule has 0 spiro atoms. The van der Waals surface area contributed by atoms with Crippen LogP contribution in [0, 0.1) is 31.6 Å². The van der Waals surface area contributed by atoms with Gasteiger partial charge in [0.1, 0.15) is 11.6 Å². The Bertz CT molecular complexity index is 1190. The molecule has 2 N–H and O–H groups in total. The Kier molecular flexibility index (Phi) is 22.4. The zero-order valence-electron chi connectivity index (χ0n) is 31.3. The number of benzene rings is 1. The summed E-state index contributed by atoms with van der Waals surface area (Å²) in [4.78, 5) is 27.0. The number of allylic oxidation sites excluding steroid dienone is 1. The molecule has 1 aliphatic rings. The van der Waals surface area contributed by atoms with Crippen LogP contribution in [0.4, 0.5) is 5.82 Å². The first kappa shape index (κ1) is 42.0. The lowest BCUT2D eigenvalue weighted by Gasteiger charge is -2.21. The highest BCUT2D eigenvalue weighted by molar-refractivity contribution is 5.91. The topological polar surface area (TPSA) is 80.3 Å². The van der Waals surface area contributed by atoms with Crippen molar-refractivity contribution in [2.75, 3.05) is 18.5 Å². The number of aromatic nitrogens is 1. The quantitative estimate of drug-likeness (QED) is 0.117. The molecule has 0 radical (unpaired) electrons. The fraction of sp³-hybridized carbons (Fsp3) is 0.634. The second kappa shape index (κ2) is 25.1. The van der Waals surface area contributed by atoms with E-state index in [0.717, 1.165) is 66.1 Å². The zero-order chi connectivity index (χ0) is 35.0. The first-order valence-electron chi connectivity index (χ1n) is 18.5. The van der Waals surface area contributed by atoms with Gasteiger partial charge < -0.3 is 15.4 Å². The maximum atomic E-state index is 11.5. The van der Waals surface area contributed by atoms with Crippen molar-refractivity contribution in [2.45, 2.75) is 139 Å². The highest BCUT2D eigenvalue weighted by atomic mass is 16.5. The Balaban J connectivity index is 0.000000422. The van der Waals surface area contributed by atoms with Crippen LogP contribution in [0.3, 0.4) is 0 Å². The van der Waals surface area contributed by atoms with Crippen molar-refractivity contribution in [3.05, 3.63) is 58.8 Å². The van der Waals surface area contributed by atoms with Crippen LogP contribution < -0.4 is 15.4 Å². The minimum atomic E-state index is 0.00327. The minimum Gasteiger partial charge on any atom is -0.494 e. The van der Waals surface area contributed by atoms with Crippen LogP contribution in [0.2, 0.25) is 0 Å². The van der Waals surface area contributed by atoms with Crippen molar-refractivity contribution in [3.63, 3.8) is 0 Å². The number of rotatable bonds is 19. The average Bonchev–Trinajstić information content (AvgIpc) is 3.90. The number of anilines is 1. The number of carbonyl (C=O) groups is 2. The van der Waals surface area contributed by atoms with Crippen LogP contribution in [-0.4, -0.2) is 29.8 Å². The molecule has 47 heavy (non-hydrogen) atoms. The van der Waals surface area contributed by atoms with E-state index in [2.05, 4.69) is 50.2 Å². The van der Waals surface area contributed by atoms with Gasteiger partial charge in [0.2, 0.25) is 5.91 Å². The Morgan fingerprint density at radius 3 is 2.26 bits per heavy atom. The van der Waals surface area contributed by atoms with Crippen LogP contribution in [0.1, 0.15) is 141 Å². The molecule has 1 fully saturated rings. The van der Waals surface area contributed by atoms with Gasteiger partial charge in [0, 0.05) is 13.0 Å². The van der Waals surface area contributed by atoms with Gasteiger partial charge in [-0.25, -0.2) is 4.98 Å². The summed E-state index contributed by atoms with van der Waals surface area (Å²) in [5.74, 6) is 4.17. The molecule has 1 heterocycles. The van der Waals surface area contributed by atoms with Crippen molar-refractivity contribution in [1.29, 1.82) is 0 Å². The summed E-state index contributed by atoms with van der Waals surface area (Å²) in [7, 11) is 0. The molecule has 2 aromatic rings. The molecule has 0 saturated heterocycles. The molecule has 264 valence electrons. The van der Waals surface area contributed by atoms with Gasteiger partial charge in [0.05, 0.1) is 12.3 Å². The third-order valence-corrected chi connectivity index (χ3v) is 8.88. The van der Waals surface area contributed by atoms with E-state index >= 15 is 0 Å². The lowest BCUT2D eigenvalue weighted by atomic mass is 9.89. The van der Waals surface area contributed by atoms with Crippen molar-refractivity contribution < 1.29 is 14.3 Å². The average molecular weight is 650 g/mol. The fourth-order valence-electron chi connectivity index (χ4n) is 4.92. The van der Waals surface area contributed by atoms with E-state index in [1.165, 1.54) is 57.8 Å². The number of unbranched alkanes of at least 4 members (excludes halogenated alkanes) is 3. The Morgan fingerprint density at radius 1 is 0.957 bits per heavy atom. The van der Waals surface area contributed by atoms with Gasteiger partial charge in [0.25, 0.3) is 0 Å². The highest BCUT2D eigenvalue weighted by Gasteiger charge is 2.19. The molecule has 6 nitrogen and oxygen atoms in total.